The van der Waals surface area contributed by atoms with E-state index in [1.165, 1.54) is 0 Å². The van der Waals surface area contributed by atoms with E-state index in [1.807, 2.05) is 32.0 Å². The third-order valence-electron chi connectivity index (χ3n) is 3.67. The quantitative estimate of drug-likeness (QED) is 0.789. The van der Waals surface area contributed by atoms with Crippen LogP contribution in [-0.4, -0.2) is 35.3 Å². The van der Waals surface area contributed by atoms with Gasteiger partial charge in [0.15, 0.2) is 0 Å². The van der Waals surface area contributed by atoms with Gasteiger partial charge in [-0.3, -0.25) is 14.5 Å². The fourth-order valence-corrected chi connectivity index (χ4v) is 2.38. The van der Waals surface area contributed by atoms with Crippen molar-refractivity contribution >= 4 is 23.5 Å². The number of nitrogens with one attached hydrogen (secondary N) is 2. The van der Waals surface area contributed by atoms with E-state index in [0.717, 1.165) is 23.3 Å². The van der Waals surface area contributed by atoms with Crippen LogP contribution in [0.3, 0.4) is 0 Å². The van der Waals surface area contributed by atoms with Crippen LogP contribution in [0.2, 0.25) is 0 Å². The third kappa shape index (κ3) is 3.63. The van der Waals surface area contributed by atoms with E-state index < -0.39 is 12.1 Å². The Morgan fingerprint density at radius 2 is 2.05 bits per heavy atom. The molecule has 22 heavy (non-hydrogen) atoms. The monoisotopic (exact) mass is 303 g/mol. The summed E-state index contributed by atoms with van der Waals surface area (Å²) in [5, 5.41) is 5.35. The molecule has 1 aliphatic rings. The minimum absolute atomic E-state index is 0.262. The molecular formula is C16H21N3O3. The van der Waals surface area contributed by atoms with Crippen LogP contribution in [-0.2, 0) is 9.59 Å². The first-order valence-electron chi connectivity index (χ1n) is 7.50. The van der Waals surface area contributed by atoms with Gasteiger partial charge in [-0.2, -0.15) is 0 Å². The number of imide groups is 1. The number of rotatable bonds is 6. The molecule has 6 heteroatoms. The first-order valence-corrected chi connectivity index (χ1v) is 7.50. The molecule has 1 aromatic carbocycles. The van der Waals surface area contributed by atoms with Gasteiger partial charge in [0, 0.05) is 5.69 Å². The summed E-state index contributed by atoms with van der Waals surface area (Å²) < 4.78 is 0. The Labute approximate surface area is 129 Å². The number of carbonyl (C=O) groups excluding carboxylic acids is 3. The van der Waals surface area contributed by atoms with Crippen LogP contribution in [0, 0.1) is 6.92 Å². The van der Waals surface area contributed by atoms with Crippen molar-refractivity contribution in [1.29, 1.82) is 0 Å². The highest BCUT2D eigenvalue weighted by Gasteiger charge is 2.38. The fraction of sp³-hybridized carbons (Fsp3) is 0.438. The number of urea groups is 1. The molecule has 2 rings (SSSR count). The fourth-order valence-electron chi connectivity index (χ4n) is 2.38. The van der Waals surface area contributed by atoms with E-state index in [0.29, 0.717) is 12.1 Å². The molecule has 0 bridgehead atoms. The smallest absolute Gasteiger partial charge is 0.325 e. The van der Waals surface area contributed by atoms with Gasteiger partial charge in [-0.05, 0) is 25.0 Å². The van der Waals surface area contributed by atoms with Gasteiger partial charge in [-0.15, -0.1) is 0 Å². The van der Waals surface area contributed by atoms with Crippen molar-refractivity contribution < 1.29 is 14.4 Å². The Morgan fingerprint density at radius 3 is 2.73 bits per heavy atom. The normalized spacial score (nSPS) is 17.5. The van der Waals surface area contributed by atoms with Crippen LogP contribution in [0.5, 0.6) is 0 Å². The molecule has 4 amide bonds. The SMILES string of the molecule is CCCC[C@H]1NC(=O)N(CC(=O)Nc2ccccc2C)C1=O. The summed E-state index contributed by atoms with van der Waals surface area (Å²) in [7, 11) is 0. The van der Waals surface area contributed by atoms with Gasteiger partial charge in [-0.1, -0.05) is 38.0 Å². The first kappa shape index (κ1) is 16.0. The minimum Gasteiger partial charge on any atom is -0.326 e. The van der Waals surface area contributed by atoms with Crippen LogP contribution >= 0.6 is 0 Å². The number of unbranched alkanes of at least 4 members (excludes halogenated alkanes) is 1. The summed E-state index contributed by atoms with van der Waals surface area (Å²) in [5.74, 6) is -0.702. The van der Waals surface area contributed by atoms with Crippen molar-refractivity contribution in [2.75, 3.05) is 11.9 Å². The van der Waals surface area contributed by atoms with Crippen molar-refractivity contribution in [2.24, 2.45) is 0 Å². The largest absolute Gasteiger partial charge is 0.326 e. The van der Waals surface area contributed by atoms with E-state index in [1.54, 1.807) is 6.07 Å². The second kappa shape index (κ2) is 7.06. The van der Waals surface area contributed by atoms with Crippen LogP contribution in [0.1, 0.15) is 31.7 Å². The highest BCUT2D eigenvalue weighted by molar-refractivity contribution is 6.07. The minimum atomic E-state index is -0.501. The molecule has 6 nitrogen and oxygen atoms in total. The predicted octanol–water partition coefficient (Wildman–Crippen LogP) is 2.04. The van der Waals surface area contributed by atoms with Crippen molar-refractivity contribution in [3.63, 3.8) is 0 Å². The van der Waals surface area contributed by atoms with Crippen molar-refractivity contribution in [1.82, 2.24) is 10.2 Å². The van der Waals surface area contributed by atoms with Gasteiger partial charge in [0.25, 0.3) is 5.91 Å². The Morgan fingerprint density at radius 1 is 1.32 bits per heavy atom. The zero-order valence-corrected chi connectivity index (χ0v) is 12.9. The second-order valence-corrected chi connectivity index (χ2v) is 5.43. The summed E-state index contributed by atoms with van der Waals surface area (Å²) >= 11 is 0. The highest BCUT2D eigenvalue weighted by Crippen LogP contribution is 2.15. The molecule has 0 aliphatic carbocycles. The summed E-state index contributed by atoms with van der Waals surface area (Å²) in [6.07, 6.45) is 2.42. The number of carbonyl (C=O) groups is 3. The lowest BCUT2D eigenvalue weighted by molar-refractivity contribution is -0.130. The number of hydrogen-bond acceptors (Lipinski definition) is 3. The maximum absolute atomic E-state index is 12.1. The van der Waals surface area contributed by atoms with Gasteiger partial charge in [0.05, 0.1) is 0 Å². The van der Waals surface area contributed by atoms with Gasteiger partial charge >= 0.3 is 6.03 Å². The average molecular weight is 303 g/mol. The van der Waals surface area contributed by atoms with Crippen molar-refractivity contribution in [3.8, 4) is 0 Å². The Bertz CT molecular complexity index is 586. The van der Waals surface area contributed by atoms with E-state index in [-0.39, 0.29) is 18.4 Å². The van der Waals surface area contributed by atoms with Crippen LogP contribution in [0.4, 0.5) is 10.5 Å². The Balaban J connectivity index is 1.95. The zero-order chi connectivity index (χ0) is 16.1. The molecular weight excluding hydrogens is 282 g/mol. The molecule has 0 unspecified atom stereocenters. The molecule has 1 atom stereocenters. The molecule has 1 saturated heterocycles. The van der Waals surface area contributed by atoms with E-state index in [9.17, 15) is 14.4 Å². The molecule has 1 heterocycles. The summed E-state index contributed by atoms with van der Waals surface area (Å²) in [6.45, 7) is 3.64. The van der Waals surface area contributed by atoms with E-state index >= 15 is 0 Å². The molecule has 1 aliphatic heterocycles. The average Bonchev–Trinajstić information content (AvgIpc) is 2.75. The maximum atomic E-state index is 12.1. The molecule has 0 spiro atoms. The van der Waals surface area contributed by atoms with Gasteiger partial charge < -0.3 is 10.6 Å². The topological polar surface area (TPSA) is 78.5 Å². The molecule has 2 N–H and O–H groups in total. The number of aryl methyl sites for hydroxylation is 1. The van der Waals surface area contributed by atoms with Gasteiger partial charge in [0.1, 0.15) is 12.6 Å². The third-order valence-corrected chi connectivity index (χ3v) is 3.67. The number of anilines is 1. The van der Waals surface area contributed by atoms with Gasteiger partial charge in [0.2, 0.25) is 5.91 Å². The number of hydrogen-bond donors (Lipinski definition) is 2. The van der Waals surface area contributed by atoms with Crippen LogP contribution in [0.25, 0.3) is 0 Å². The lowest BCUT2D eigenvalue weighted by Crippen LogP contribution is -2.38. The number of para-hydroxylation sites is 1. The maximum Gasteiger partial charge on any atom is 0.325 e. The van der Waals surface area contributed by atoms with Crippen LogP contribution < -0.4 is 10.6 Å². The molecule has 0 saturated carbocycles. The molecule has 1 fully saturated rings. The van der Waals surface area contributed by atoms with Crippen molar-refractivity contribution in [3.05, 3.63) is 29.8 Å². The summed E-state index contributed by atoms with van der Waals surface area (Å²) in [5.41, 5.74) is 1.61. The predicted molar refractivity (Wildman–Crippen MR) is 83.4 cm³/mol. The molecule has 0 aromatic heterocycles. The number of benzene rings is 1. The summed E-state index contributed by atoms with van der Waals surface area (Å²) in [4.78, 5) is 37.0. The lowest BCUT2D eigenvalue weighted by atomic mass is 10.1. The Hall–Kier alpha value is -2.37. The molecule has 0 radical (unpaired) electrons. The van der Waals surface area contributed by atoms with Crippen molar-refractivity contribution in [2.45, 2.75) is 39.2 Å². The molecule has 1 aromatic rings. The lowest BCUT2D eigenvalue weighted by Gasteiger charge is -2.14. The standard InChI is InChI=1S/C16H21N3O3/c1-3-4-8-13-15(21)19(16(22)18-13)10-14(20)17-12-9-6-5-7-11(12)2/h5-7,9,13H,3-4,8,10H2,1-2H3,(H,17,20)(H,18,22)/t13-/m1/s1. The van der Waals surface area contributed by atoms with Crippen LogP contribution in [0.15, 0.2) is 24.3 Å². The number of nitrogens with zero attached hydrogens (tertiary/aromatic N) is 1. The van der Waals surface area contributed by atoms with E-state index in [2.05, 4.69) is 10.6 Å². The van der Waals surface area contributed by atoms with Gasteiger partial charge in [-0.25, -0.2) is 4.79 Å². The number of amides is 4. The molecule has 118 valence electrons. The highest BCUT2D eigenvalue weighted by atomic mass is 16.2. The Kier molecular flexibility index (Phi) is 5.14. The summed E-state index contributed by atoms with van der Waals surface area (Å²) in [6, 6.07) is 6.36. The zero-order valence-electron chi connectivity index (χ0n) is 12.9. The second-order valence-electron chi connectivity index (χ2n) is 5.43. The van der Waals surface area contributed by atoms with E-state index in [4.69, 9.17) is 0 Å². The first-order chi connectivity index (χ1) is 10.5.